The first-order valence-corrected chi connectivity index (χ1v) is 16.7. The zero-order valence-corrected chi connectivity index (χ0v) is 25.3. The summed E-state index contributed by atoms with van der Waals surface area (Å²) >= 11 is 0. The number of hydrogen-bond donors (Lipinski definition) is 0. The highest BCUT2D eigenvalue weighted by molar-refractivity contribution is 8.34. The molecule has 5 aromatic carbocycles. The quantitative estimate of drug-likeness (QED) is 0.180. The van der Waals surface area contributed by atoms with Crippen molar-refractivity contribution in [3.05, 3.63) is 176 Å². The molecule has 0 saturated carbocycles. The molecular weight excluding hydrogens is 567 g/mol. The van der Waals surface area contributed by atoms with Crippen LogP contribution in [0.15, 0.2) is 196 Å². The maximum Gasteiger partial charge on any atom is 0.0979 e. The van der Waals surface area contributed by atoms with Crippen LogP contribution in [0.5, 0.6) is 0 Å². The SMILES string of the molecule is c1ccc(-c2cc(-c3ccccn3)nc3c2ccc2c(S(c4ccccc4)(c4ccccc4)c4ccccc4)ccnc23)cc1. The van der Waals surface area contributed by atoms with Crippen molar-refractivity contribution < 1.29 is 0 Å². The van der Waals surface area contributed by atoms with E-state index in [9.17, 15) is 0 Å². The standard InChI is InChI=1S/C41H29N3S/c1-5-15-30(16-6-1)36-29-38(37-23-13-14-27-42-37)44-41-34(36)24-25-35-39(26-28-43-40(35)41)45(31-17-7-2-8-18-31,32-19-9-3-10-20-32)33-21-11-4-12-22-33/h1-29H. The van der Waals surface area contributed by atoms with E-state index in [4.69, 9.17) is 9.97 Å². The summed E-state index contributed by atoms with van der Waals surface area (Å²) in [4.78, 5) is 20.1. The maximum atomic E-state index is 5.29. The average molecular weight is 596 g/mol. The Bertz CT molecular complexity index is 2140. The van der Waals surface area contributed by atoms with Crippen molar-refractivity contribution in [2.75, 3.05) is 0 Å². The van der Waals surface area contributed by atoms with E-state index in [1.807, 2.05) is 30.6 Å². The summed E-state index contributed by atoms with van der Waals surface area (Å²) in [6.07, 6.45) is 3.78. The molecule has 3 aromatic heterocycles. The van der Waals surface area contributed by atoms with Crippen LogP contribution in [0.1, 0.15) is 0 Å². The van der Waals surface area contributed by atoms with Gasteiger partial charge >= 0.3 is 0 Å². The minimum atomic E-state index is -1.91. The lowest BCUT2D eigenvalue weighted by Crippen LogP contribution is -2.06. The molecular formula is C41H29N3S. The van der Waals surface area contributed by atoms with E-state index in [1.165, 1.54) is 19.6 Å². The lowest BCUT2D eigenvalue weighted by molar-refractivity contribution is 1.24. The Hall–Kier alpha value is -5.58. The van der Waals surface area contributed by atoms with Gasteiger partial charge in [0.05, 0.1) is 22.4 Å². The highest BCUT2D eigenvalue weighted by Gasteiger charge is 2.35. The van der Waals surface area contributed by atoms with Crippen LogP contribution in [0.4, 0.5) is 0 Å². The predicted molar refractivity (Wildman–Crippen MR) is 186 cm³/mol. The van der Waals surface area contributed by atoms with E-state index < -0.39 is 10.0 Å². The van der Waals surface area contributed by atoms with E-state index in [2.05, 4.69) is 151 Å². The van der Waals surface area contributed by atoms with Gasteiger partial charge in [0, 0.05) is 42.7 Å². The first kappa shape index (κ1) is 27.0. The largest absolute Gasteiger partial charge is 0.255 e. The van der Waals surface area contributed by atoms with Crippen LogP contribution in [0.25, 0.3) is 44.3 Å². The van der Waals surface area contributed by atoms with Crippen LogP contribution in [0, 0.1) is 0 Å². The first-order chi connectivity index (χ1) is 22.3. The second kappa shape index (κ2) is 11.5. The Labute approximate surface area is 264 Å². The third kappa shape index (κ3) is 4.59. The van der Waals surface area contributed by atoms with Crippen LogP contribution < -0.4 is 0 Å². The molecule has 8 rings (SSSR count). The Balaban J connectivity index is 1.51. The fraction of sp³-hybridized carbons (Fsp3) is 0. The number of fused-ring (bicyclic) bond motifs is 3. The third-order valence-electron chi connectivity index (χ3n) is 8.28. The van der Waals surface area contributed by atoms with Crippen LogP contribution in [0.3, 0.4) is 0 Å². The highest BCUT2D eigenvalue weighted by Crippen LogP contribution is 2.74. The number of aromatic nitrogens is 3. The van der Waals surface area contributed by atoms with Gasteiger partial charge in [-0.25, -0.2) is 4.98 Å². The minimum Gasteiger partial charge on any atom is -0.255 e. The van der Waals surface area contributed by atoms with Crippen molar-refractivity contribution in [1.82, 2.24) is 15.0 Å². The van der Waals surface area contributed by atoms with E-state index in [1.54, 1.807) is 0 Å². The Morgan fingerprint density at radius 3 is 1.53 bits per heavy atom. The number of benzene rings is 5. The van der Waals surface area contributed by atoms with E-state index in [0.717, 1.165) is 44.3 Å². The first-order valence-electron chi connectivity index (χ1n) is 15.0. The van der Waals surface area contributed by atoms with Crippen LogP contribution in [-0.4, -0.2) is 15.0 Å². The van der Waals surface area contributed by atoms with Gasteiger partial charge < -0.3 is 0 Å². The topological polar surface area (TPSA) is 38.7 Å². The Kier molecular flexibility index (Phi) is 6.90. The minimum absolute atomic E-state index is 0.828. The van der Waals surface area contributed by atoms with E-state index in [0.29, 0.717) is 0 Å². The van der Waals surface area contributed by atoms with Gasteiger partial charge in [-0.05, 0) is 71.8 Å². The Morgan fingerprint density at radius 1 is 0.400 bits per heavy atom. The molecule has 0 saturated heterocycles. The van der Waals surface area contributed by atoms with Crippen LogP contribution in [0.2, 0.25) is 0 Å². The van der Waals surface area contributed by atoms with Gasteiger partial charge in [0.1, 0.15) is 0 Å². The van der Waals surface area contributed by atoms with Gasteiger partial charge in [-0.3, -0.25) is 9.97 Å². The molecule has 0 atom stereocenters. The summed E-state index contributed by atoms with van der Waals surface area (Å²) in [6, 6.07) is 58.1. The molecule has 0 aliphatic rings. The lowest BCUT2D eigenvalue weighted by Gasteiger charge is -2.42. The molecule has 214 valence electrons. The second-order valence-electron chi connectivity index (χ2n) is 10.9. The molecule has 0 N–H and O–H groups in total. The van der Waals surface area contributed by atoms with Gasteiger partial charge in [0.15, 0.2) is 0 Å². The smallest absolute Gasteiger partial charge is 0.0979 e. The third-order valence-corrected chi connectivity index (χ3v) is 12.2. The summed E-state index contributed by atoms with van der Waals surface area (Å²) in [5, 5.41) is 2.17. The molecule has 45 heavy (non-hydrogen) atoms. The van der Waals surface area contributed by atoms with Gasteiger partial charge in [0.25, 0.3) is 0 Å². The predicted octanol–water partition coefficient (Wildman–Crippen LogP) is 10.9. The highest BCUT2D eigenvalue weighted by atomic mass is 32.3. The molecule has 4 heteroatoms. The number of rotatable bonds is 6. The van der Waals surface area contributed by atoms with Crippen molar-refractivity contribution in [2.45, 2.75) is 19.6 Å². The van der Waals surface area contributed by atoms with Gasteiger partial charge in [-0.1, -0.05) is 103 Å². The molecule has 0 aliphatic heterocycles. The monoisotopic (exact) mass is 595 g/mol. The molecule has 0 unspecified atom stereocenters. The maximum absolute atomic E-state index is 5.29. The number of nitrogens with zero attached hydrogens (tertiary/aromatic N) is 3. The summed E-state index contributed by atoms with van der Waals surface area (Å²) in [5.74, 6) is 0. The van der Waals surface area contributed by atoms with Crippen molar-refractivity contribution >= 4 is 31.8 Å². The van der Waals surface area contributed by atoms with Crippen molar-refractivity contribution in [3.63, 3.8) is 0 Å². The average Bonchev–Trinajstić information content (AvgIpc) is 3.13. The molecule has 3 heterocycles. The normalized spacial score (nSPS) is 11.9. The number of hydrogen-bond acceptors (Lipinski definition) is 3. The van der Waals surface area contributed by atoms with Crippen molar-refractivity contribution in [3.8, 4) is 22.5 Å². The summed E-state index contributed by atoms with van der Waals surface area (Å²) in [6.45, 7) is 0. The van der Waals surface area contributed by atoms with Crippen molar-refractivity contribution in [2.24, 2.45) is 0 Å². The molecule has 0 radical (unpaired) electrons. The van der Waals surface area contributed by atoms with E-state index >= 15 is 0 Å². The van der Waals surface area contributed by atoms with Gasteiger partial charge in [-0.2, -0.15) is 0 Å². The fourth-order valence-electron chi connectivity index (χ4n) is 6.31. The van der Waals surface area contributed by atoms with Crippen LogP contribution in [-0.2, 0) is 0 Å². The molecule has 0 aliphatic carbocycles. The molecule has 0 amide bonds. The molecule has 0 fully saturated rings. The zero-order chi connectivity index (χ0) is 30.1. The number of pyridine rings is 3. The molecule has 0 bridgehead atoms. The zero-order valence-electron chi connectivity index (χ0n) is 24.5. The second-order valence-corrected chi connectivity index (χ2v) is 13.9. The molecule has 0 spiro atoms. The summed E-state index contributed by atoms with van der Waals surface area (Å²) in [5.41, 5.74) is 5.68. The summed E-state index contributed by atoms with van der Waals surface area (Å²) < 4.78 is 0. The lowest BCUT2D eigenvalue weighted by atomic mass is 9.98. The van der Waals surface area contributed by atoms with Crippen LogP contribution >= 0.6 is 10.0 Å². The fourth-order valence-corrected chi connectivity index (χ4v) is 10.3. The summed E-state index contributed by atoms with van der Waals surface area (Å²) in [7, 11) is -1.91. The molecule has 3 nitrogen and oxygen atoms in total. The van der Waals surface area contributed by atoms with Crippen molar-refractivity contribution in [1.29, 1.82) is 0 Å². The van der Waals surface area contributed by atoms with E-state index in [-0.39, 0.29) is 0 Å². The molecule has 8 aromatic rings. The van der Waals surface area contributed by atoms with Gasteiger partial charge in [0.2, 0.25) is 0 Å². The Morgan fingerprint density at radius 2 is 0.956 bits per heavy atom. The van der Waals surface area contributed by atoms with Gasteiger partial charge in [-0.15, -0.1) is 10.0 Å².